The molecule has 1 fully saturated rings. The van der Waals surface area contributed by atoms with Gasteiger partial charge in [0.1, 0.15) is 0 Å². The molecule has 0 aliphatic heterocycles. The van der Waals surface area contributed by atoms with Crippen LogP contribution >= 0.6 is 69.6 Å². The van der Waals surface area contributed by atoms with E-state index in [0.29, 0.717) is 0 Å². The van der Waals surface area contributed by atoms with E-state index in [4.69, 9.17) is 91.9 Å². The molecule has 1 aliphatic rings. The van der Waals surface area contributed by atoms with E-state index in [1.165, 1.54) is 0 Å². The van der Waals surface area contributed by atoms with Crippen molar-refractivity contribution in [2.75, 3.05) is 0 Å². The summed E-state index contributed by atoms with van der Waals surface area (Å²) in [5.74, 6) is -0.625. The first-order chi connectivity index (χ1) is 9.59. The minimum atomic E-state index is -0.437. The number of hydrogen-bond acceptors (Lipinski definition) is 2. The van der Waals surface area contributed by atoms with Gasteiger partial charge in [0.05, 0.1) is 32.3 Å². The van der Waals surface area contributed by atoms with E-state index < -0.39 is 32.3 Å². The molecule has 0 amide bonds. The largest absolute Gasteiger partial charge is 0.370 e. The number of halogens is 6. The molecular formula is C10H17Cl6N5. The van der Waals surface area contributed by atoms with Gasteiger partial charge in [-0.15, -0.1) is 82.8 Å². The molecular weight excluding hydrogens is 403 g/mol. The van der Waals surface area contributed by atoms with Crippen LogP contribution < -0.4 is 16.8 Å². The lowest BCUT2D eigenvalue weighted by Crippen LogP contribution is -2.52. The third-order valence-corrected chi connectivity index (χ3v) is 6.13. The Morgan fingerprint density at radius 2 is 0.810 bits per heavy atom. The van der Waals surface area contributed by atoms with Crippen LogP contribution in [-0.2, 0) is 0 Å². The molecule has 21 heavy (non-hydrogen) atoms. The molecule has 0 spiro atoms. The van der Waals surface area contributed by atoms with Gasteiger partial charge in [-0.3, -0.25) is 16.1 Å². The lowest BCUT2D eigenvalue weighted by atomic mass is 9.97. The van der Waals surface area contributed by atoms with Gasteiger partial charge in [-0.25, -0.2) is 0 Å². The summed E-state index contributed by atoms with van der Waals surface area (Å²) in [4.78, 5) is 0. The van der Waals surface area contributed by atoms with Crippen LogP contribution in [0.25, 0.3) is 0 Å². The van der Waals surface area contributed by atoms with Crippen molar-refractivity contribution in [2.45, 2.75) is 32.3 Å². The highest BCUT2D eigenvalue weighted by Crippen LogP contribution is 2.39. The highest BCUT2D eigenvalue weighted by molar-refractivity contribution is 6.45. The highest BCUT2D eigenvalue weighted by Gasteiger charge is 2.46. The van der Waals surface area contributed by atoms with Gasteiger partial charge in [0.25, 0.3) is 0 Å². The molecule has 0 bridgehead atoms. The second-order valence-electron chi connectivity index (χ2n) is 3.62. The molecule has 1 saturated carbocycles. The first-order valence-electron chi connectivity index (χ1n) is 5.39. The van der Waals surface area contributed by atoms with Gasteiger partial charge in [0, 0.05) is 0 Å². The van der Waals surface area contributed by atoms with E-state index in [2.05, 4.69) is 13.2 Å². The van der Waals surface area contributed by atoms with Crippen molar-refractivity contribution in [3.63, 3.8) is 0 Å². The topological polar surface area (TPSA) is 112 Å². The molecule has 0 aromatic heterocycles. The van der Waals surface area contributed by atoms with Crippen LogP contribution in [0.4, 0.5) is 0 Å². The maximum absolute atomic E-state index is 6.47. The van der Waals surface area contributed by atoms with Crippen molar-refractivity contribution in [2.24, 2.45) is 11.5 Å². The van der Waals surface area contributed by atoms with E-state index >= 15 is 0 Å². The molecule has 0 atom stereocenters. The Morgan fingerprint density at radius 3 is 0.857 bits per heavy atom. The van der Waals surface area contributed by atoms with Crippen LogP contribution in [0.5, 0.6) is 0 Å². The monoisotopic (exact) mass is 417 g/mol. The number of nitrogens with one attached hydrogen (secondary N) is 3. The minimum Gasteiger partial charge on any atom is -0.370 e. The Morgan fingerprint density at radius 1 is 0.667 bits per heavy atom. The van der Waals surface area contributed by atoms with Gasteiger partial charge in [-0.1, -0.05) is 0 Å². The number of rotatable bonds is 0. The molecule has 0 radical (unpaired) electrons. The summed E-state index contributed by atoms with van der Waals surface area (Å²) in [6, 6.07) is 0. The van der Waals surface area contributed by atoms with Gasteiger partial charge >= 0.3 is 0 Å². The molecule has 0 saturated heterocycles. The maximum atomic E-state index is 6.47. The molecule has 0 aromatic rings. The Hall–Kier alpha value is 0.220. The molecule has 1 aliphatic carbocycles. The maximum Gasteiger partial charge on any atom is 0.192 e. The zero-order chi connectivity index (χ0) is 17.3. The average Bonchev–Trinajstić information content (AvgIpc) is 2.42. The van der Waals surface area contributed by atoms with E-state index in [1.807, 2.05) is 5.32 Å². The van der Waals surface area contributed by atoms with E-state index in [-0.39, 0.29) is 11.9 Å². The molecule has 0 unspecified atom stereocenters. The summed E-state index contributed by atoms with van der Waals surface area (Å²) < 4.78 is 0. The fraction of sp³-hybridized carbons (Fsp3) is 0.600. The van der Waals surface area contributed by atoms with Crippen molar-refractivity contribution < 1.29 is 0 Å². The second-order valence-corrected chi connectivity index (χ2v) is 6.64. The number of hydrogen-bond donors (Lipinski definition) is 5. The van der Waals surface area contributed by atoms with Gasteiger partial charge < -0.3 is 11.5 Å². The van der Waals surface area contributed by atoms with Gasteiger partial charge in [-0.2, -0.15) is 0 Å². The van der Waals surface area contributed by atoms with Crippen LogP contribution in [0.1, 0.15) is 0 Å². The lowest BCUT2D eigenvalue weighted by Gasteiger charge is -2.37. The van der Waals surface area contributed by atoms with Crippen LogP contribution in [0, 0.1) is 10.8 Å². The van der Waals surface area contributed by atoms with Crippen molar-refractivity contribution >= 4 is 81.5 Å². The average molecular weight is 420 g/mol. The minimum absolute atomic E-state index is 0.312. The van der Waals surface area contributed by atoms with Gasteiger partial charge in [0.2, 0.25) is 0 Å². The molecule has 0 aromatic carbocycles. The SMILES string of the molecule is C=C.Cl[C@H]1[C@H](Cl)[C@@H](Cl)[C@@H](Cl)[C@H](Cl)[C@H]1Cl.N=C(N)NC(=N)N. The molecule has 5 nitrogen and oxygen atoms in total. The number of alkyl halides is 6. The predicted octanol–water partition coefficient (Wildman–Crippen LogP) is 2.81. The van der Waals surface area contributed by atoms with Crippen LogP contribution in [-0.4, -0.2) is 44.2 Å². The molecule has 0 heterocycles. The first-order valence-corrected chi connectivity index (χ1v) is 8.01. The Balaban J connectivity index is 0. The fourth-order valence-corrected chi connectivity index (χ4v) is 3.53. The smallest absolute Gasteiger partial charge is 0.192 e. The third kappa shape index (κ3) is 8.43. The van der Waals surface area contributed by atoms with Gasteiger partial charge in [0.15, 0.2) is 11.9 Å². The van der Waals surface area contributed by atoms with Crippen LogP contribution in [0.15, 0.2) is 13.2 Å². The van der Waals surface area contributed by atoms with Gasteiger partial charge in [-0.05, 0) is 0 Å². The Kier molecular flexibility index (Phi) is 13.1. The summed E-state index contributed by atoms with van der Waals surface area (Å²) in [5.41, 5.74) is 9.49. The Labute approximate surface area is 154 Å². The summed E-state index contributed by atoms with van der Waals surface area (Å²) in [7, 11) is 0. The zero-order valence-corrected chi connectivity index (χ0v) is 15.3. The summed E-state index contributed by atoms with van der Waals surface area (Å²) in [5, 5.41) is 12.3. The quantitative estimate of drug-likeness (QED) is 0.180. The standard InChI is InChI=1S/C6H6Cl6.C2H7N5.C2H4/c7-1-2(8)4(10)6(12)5(11)3(1)9;3-1(4)7-2(5)6;1-2/h1-6H;(H7,3,4,5,6,7);1-2H2/t1-,2-,3-,4+,5+,6+;;. The molecule has 7 N–H and O–H groups in total. The second kappa shape index (κ2) is 11.7. The lowest BCUT2D eigenvalue weighted by molar-refractivity contribution is 0.544. The highest BCUT2D eigenvalue weighted by atomic mass is 35.5. The van der Waals surface area contributed by atoms with Crippen molar-refractivity contribution in [3.8, 4) is 0 Å². The van der Waals surface area contributed by atoms with Crippen molar-refractivity contribution in [3.05, 3.63) is 13.2 Å². The molecule has 124 valence electrons. The summed E-state index contributed by atoms with van der Waals surface area (Å²) in [6.07, 6.45) is 0. The van der Waals surface area contributed by atoms with Crippen LogP contribution in [0.2, 0.25) is 0 Å². The molecule has 11 heteroatoms. The van der Waals surface area contributed by atoms with Crippen molar-refractivity contribution in [1.29, 1.82) is 10.8 Å². The number of nitrogens with two attached hydrogens (primary N) is 2. The zero-order valence-electron chi connectivity index (χ0n) is 10.8. The normalized spacial score (nSPS) is 34.4. The van der Waals surface area contributed by atoms with E-state index in [1.54, 1.807) is 0 Å². The third-order valence-electron chi connectivity index (χ3n) is 2.09. The fourth-order valence-electron chi connectivity index (χ4n) is 1.20. The number of guanidine groups is 2. The van der Waals surface area contributed by atoms with Crippen LogP contribution in [0.3, 0.4) is 0 Å². The Bertz CT molecular complexity index is 273. The van der Waals surface area contributed by atoms with E-state index in [9.17, 15) is 0 Å². The first kappa shape index (κ1) is 23.5. The summed E-state index contributed by atoms with van der Waals surface area (Å²) in [6.45, 7) is 6.00. The summed E-state index contributed by atoms with van der Waals surface area (Å²) >= 11 is 35.3. The van der Waals surface area contributed by atoms with E-state index in [0.717, 1.165) is 0 Å². The predicted molar refractivity (Wildman–Crippen MR) is 96.1 cm³/mol. The van der Waals surface area contributed by atoms with Crippen molar-refractivity contribution in [1.82, 2.24) is 5.32 Å². The molecule has 1 rings (SSSR count).